The second-order valence-corrected chi connectivity index (χ2v) is 5.87. The third kappa shape index (κ3) is 1.38. The molecule has 4 rings (SSSR count). The Morgan fingerprint density at radius 1 is 1.41 bits per heavy atom. The van der Waals surface area contributed by atoms with Crippen molar-refractivity contribution in [3.8, 4) is 0 Å². The van der Waals surface area contributed by atoms with E-state index in [1.807, 2.05) is 13.8 Å². The number of aldehydes is 1. The highest BCUT2D eigenvalue weighted by Gasteiger charge is 2.54. The molecule has 0 aromatic carbocycles. The van der Waals surface area contributed by atoms with Crippen molar-refractivity contribution in [2.24, 2.45) is 11.3 Å². The van der Waals surface area contributed by atoms with Gasteiger partial charge in [-0.25, -0.2) is 0 Å². The van der Waals surface area contributed by atoms with Crippen LogP contribution in [0.1, 0.15) is 39.5 Å². The molecule has 0 aromatic heterocycles. The van der Waals surface area contributed by atoms with Crippen molar-refractivity contribution >= 4 is 12.1 Å². The van der Waals surface area contributed by atoms with E-state index in [1.54, 1.807) is 0 Å². The molecule has 2 aliphatic carbocycles. The largest absolute Gasteiger partial charge is 0.369 e. The first-order valence-corrected chi connectivity index (χ1v) is 6.45. The fourth-order valence-corrected chi connectivity index (χ4v) is 3.74. The Labute approximate surface area is 101 Å². The van der Waals surface area contributed by atoms with Crippen LogP contribution in [-0.2, 0) is 14.3 Å². The first-order valence-electron chi connectivity index (χ1n) is 6.45. The van der Waals surface area contributed by atoms with Gasteiger partial charge in [-0.1, -0.05) is 6.92 Å². The predicted octanol–water partition coefficient (Wildman–Crippen LogP) is 2.05. The normalized spacial score (nSPS) is 44.8. The molecule has 0 amide bonds. The molecule has 3 heteroatoms. The van der Waals surface area contributed by atoms with E-state index in [0.29, 0.717) is 12.2 Å². The first-order chi connectivity index (χ1) is 8.07. The van der Waals surface area contributed by atoms with Crippen molar-refractivity contribution in [2.75, 3.05) is 0 Å². The van der Waals surface area contributed by atoms with Gasteiger partial charge in [0.1, 0.15) is 6.29 Å². The molecule has 3 nitrogen and oxygen atoms in total. The molecule has 4 atom stereocenters. The molecule has 1 fully saturated rings. The van der Waals surface area contributed by atoms with Gasteiger partial charge in [0.25, 0.3) is 0 Å². The van der Waals surface area contributed by atoms with Gasteiger partial charge in [0, 0.05) is 17.9 Å². The zero-order valence-corrected chi connectivity index (χ0v) is 10.4. The number of carbonyl (C=O) groups excluding carboxylic acids is 2. The van der Waals surface area contributed by atoms with Gasteiger partial charge in [0.05, 0.1) is 17.6 Å². The molecule has 0 radical (unpaired) electrons. The van der Waals surface area contributed by atoms with Crippen LogP contribution in [0.15, 0.2) is 11.1 Å². The summed E-state index contributed by atoms with van der Waals surface area (Å²) in [5.74, 6) is 0.433. The average molecular weight is 234 g/mol. The highest BCUT2D eigenvalue weighted by molar-refractivity contribution is 5.98. The van der Waals surface area contributed by atoms with E-state index in [-0.39, 0.29) is 18.1 Å². The van der Waals surface area contributed by atoms with Gasteiger partial charge in [-0.05, 0) is 31.8 Å². The van der Waals surface area contributed by atoms with E-state index in [9.17, 15) is 9.59 Å². The van der Waals surface area contributed by atoms with Crippen molar-refractivity contribution in [1.29, 1.82) is 0 Å². The van der Waals surface area contributed by atoms with Crippen LogP contribution in [0.25, 0.3) is 0 Å². The second kappa shape index (κ2) is 3.52. The lowest BCUT2D eigenvalue weighted by Crippen LogP contribution is -2.55. The summed E-state index contributed by atoms with van der Waals surface area (Å²) in [6, 6.07) is 0. The van der Waals surface area contributed by atoms with Crippen molar-refractivity contribution in [2.45, 2.75) is 51.7 Å². The molecule has 1 saturated heterocycles. The zero-order chi connectivity index (χ0) is 12.2. The minimum atomic E-state index is -0.423. The Bertz CT molecular complexity index is 423. The number of carbonyl (C=O) groups is 2. The van der Waals surface area contributed by atoms with E-state index < -0.39 is 5.41 Å². The average Bonchev–Trinajstić information content (AvgIpc) is 2.32. The van der Waals surface area contributed by atoms with E-state index in [0.717, 1.165) is 36.7 Å². The first kappa shape index (κ1) is 11.1. The van der Waals surface area contributed by atoms with Crippen LogP contribution in [0.2, 0.25) is 0 Å². The smallest absolute Gasteiger partial charge is 0.159 e. The number of Topliss-reactive ketones (excluding diaryl/α,β-unsaturated/α-hetero) is 1. The van der Waals surface area contributed by atoms with Gasteiger partial charge < -0.3 is 9.53 Å². The molecule has 17 heavy (non-hydrogen) atoms. The molecular formula is C14H18O3. The Morgan fingerprint density at radius 2 is 2.18 bits per heavy atom. The van der Waals surface area contributed by atoms with Crippen LogP contribution in [-0.4, -0.2) is 24.3 Å². The number of fused-ring (bicyclic) bond motifs is 2. The van der Waals surface area contributed by atoms with Crippen molar-refractivity contribution < 1.29 is 14.3 Å². The van der Waals surface area contributed by atoms with Gasteiger partial charge in [-0.3, -0.25) is 4.79 Å². The van der Waals surface area contributed by atoms with Crippen molar-refractivity contribution in [1.82, 2.24) is 0 Å². The molecule has 2 heterocycles. The summed E-state index contributed by atoms with van der Waals surface area (Å²) in [6.07, 6.45) is 4.23. The summed E-state index contributed by atoms with van der Waals surface area (Å²) in [6.45, 7) is 3.99. The Balaban J connectivity index is 2.12. The quantitative estimate of drug-likeness (QED) is 0.652. The van der Waals surface area contributed by atoms with Gasteiger partial charge in [0.15, 0.2) is 5.78 Å². The molecule has 0 unspecified atom stereocenters. The monoisotopic (exact) mass is 234 g/mol. The minimum absolute atomic E-state index is 0.0776. The van der Waals surface area contributed by atoms with Gasteiger partial charge in [-0.2, -0.15) is 0 Å². The minimum Gasteiger partial charge on any atom is -0.369 e. The fraction of sp³-hybridized carbons (Fsp3) is 0.714. The molecule has 2 aliphatic heterocycles. The lowest BCUT2D eigenvalue weighted by atomic mass is 9.60. The lowest BCUT2D eigenvalue weighted by molar-refractivity contribution is -0.155. The van der Waals surface area contributed by atoms with Gasteiger partial charge in [-0.15, -0.1) is 0 Å². The summed E-state index contributed by atoms with van der Waals surface area (Å²) < 4.78 is 5.97. The maximum absolute atomic E-state index is 12.1. The Morgan fingerprint density at radius 3 is 2.88 bits per heavy atom. The number of hydrogen-bond acceptors (Lipinski definition) is 3. The third-order valence-electron chi connectivity index (χ3n) is 4.63. The predicted molar refractivity (Wildman–Crippen MR) is 62.5 cm³/mol. The van der Waals surface area contributed by atoms with Gasteiger partial charge >= 0.3 is 0 Å². The topological polar surface area (TPSA) is 43.4 Å². The number of rotatable bonds is 1. The third-order valence-corrected chi connectivity index (χ3v) is 4.63. The summed E-state index contributed by atoms with van der Waals surface area (Å²) in [5, 5.41) is 0. The number of hydrogen-bond donors (Lipinski definition) is 0. The van der Waals surface area contributed by atoms with Crippen LogP contribution in [0, 0.1) is 11.3 Å². The molecule has 0 saturated carbocycles. The number of ketones is 1. The van der Waals surface area contributed by atoms with E-state index in [2.05, 4.69) is 0 Å². The number of ether oxygens (including phenoxy) is 1. The Kier molecular flexibility index (Phi) is 2.31. The van der Waals surface area contributed by atoms with Crippen LogP contribution < -0.4 is 0 Å². The summed E-state index contributed by atoms with van der Waals surface area (Å²) in [5.41, 5.74) is 1.72. The lowest BCUT2D eigenvalue weighted by Gasteiger charge is -2.52. The van der Waals surface area contributed by atoms with Crippen LogP contribution >= 0.6 is 0 Å². The SMILES string of the molecule is C[C@H]1O[C@@H]2C3=C(C(=O)CCC3)[C@@H]1C[C@]2(C)C=O. The standard InChI is InChI=1S/C14H18O3/c1-8-10-6-14(2,7-15)13(17-8)9-4-3-5-11(16)12(9)10/h7-8,10,13H,3-6H2,1-2H3/t8-,10-,13-,14-/m1/s1. The molecule has 0 aromatic rings. The van der Waals surface area contributed by atoms with Crippen LogP contribution in [0.4, 0.5) is 0 Å². The van der Waals surface area contributed by atoms with Gasteiger partial charge in [0.2, 0.25) is 0 Å². The summed E-state index contributed by atoms with van der Waals surface area (Å²) in [7, 11) is 0. The maximum Gasteiger partial charge on any atom is 0.159 e. The van der Waals surface area contributed by atoms with E-state index in [1.165, 1.54) is 0 Å². The summed E-state index contributed by atoms with van der Waals surface area (Å²) in [4.78, 5) is 23.4. The zero-order valence-electron chi connectivity index (χ0n) is 10.4. The van der Waals surface area contributed by atoms with Crippen LogP contribution in [0.5, 0.6) is 0 Å². The van der Waals surface area contributed by atoms with Crippen molar-refractivity contribution in [3.63, 3.8) is 0 Å². The fourth-order valence-electron chi connectivity index (χ4n) is 3.74. The van der Waals surface area contributed by atoms with Crippen LogP contribution in [0.3, 0.4) is 0 Å². The summed E-state index contributed by atoms with van der Waals surface area (Å²) >= 11 is 0. The maximum atomic E-state index is 12.1. The molecule has 2 bridgehead atoms. The van der Waals surface area contributed by atoms with E-state index in [4.69, 9.17) is 4.74 Å². The molecular weight excluding hydrogens is 216 g/mol. The molecule has 92 valence electrons. The molecule has 0 spiro atoms. The highest BCUT2D eigenvalue weighted by Crippen LogP contribution is 2.53. The van der Waals surface area contributed by atoms with Crippen molar-refractivity contribution in [3.05, 3.63) is 11.1 Å². The second-order valence-electron chi connectivity index (χ2n) is 5.87. The van der Waals surface area contributed by atoms with E-state index >= 15 is 0 Å². The molecule has 4 aliphatic rings. The Hall–Kier alpha value is -0.960. The molecule has 0 N–H and O–H groups in total. The highest BCUT2D eigenvalue weighted by atomic mass is 16.5.